The van der Waals surface area contributed by atoms with E-state index in [1.54, 1.807) is 4.90 Å². The molecular formula is C13H20N2O2. The number of rotatable bonds is 3. The van der Waals surface area contributed by atoms with Crippen molar-refractivity contribution in [2.24, 2.45) is 5.92 Å². The van der Waals surface area contributed by atoms with E-state index in [-0.39, 0.29) is 11.8 Å². The van der Waals surface area contributed by atoms with Crippen molar-refractivity contribution in [1.29, 1.82) is 0 Å². The fourth-order valence-corrected chi connectivity index (χ4v) is 2.26. The zero-order valence-electron chi connectivity index (χ0n) is 10.5. The normalized spacial score (nSPS) is 20.2. The highest BCUT2D eigenvalue weighted by Crippen LogP contribution is 2.15. The summed E-state index contributed by atoms with van der Waals surface area (Å²) in [7, 11) is 1.84. The molecule has 1 N–H and O–H groups in total. The molecule has 0 bridgehead atoms. The fourth-order valence-electron chi connectivity index (χ4n) is 2.26. The lowest BCUT2D eigenvalue weighted by Crippen LogP contribution is -2.41. The predicted octanol–water partition coefficient (Wildman–Crippen LogP) is 1.55. The molecule has 1 aromatic heterocycles. The molecule has 0 aliphatic carbocycles. The fraction of sp³-hybridized carbons (Fsp3) is 0.615. The monoisotopic (exact) mass is 236 g/mol. The van der Waals surface area contributed by atoms with Crippen molar-refractivity contribution in [2.45, 2.75) is 26.3 Å². The van der Waals surface area contributed by atoms with Gasteiger partial charge in [-0.05, 0) is 38.4 Å². The Hall–Kier alpha value is -1.29. The van der Waals surface area contributed by atoms with E-state index in [2.05, 4.69) is 5.32 Å². The van der Waals surface area contributed by atoms with Crippen molar-refractivity contribution in [3.63, 3.8) is 0 Å². The van der Waals surface area contributed by atoms with Crippen LogP contribution in [0.5, 0.6) is 0 Å². The molecule has 94 valence electrons. The minimum absolute atomic E-state index is 0.129. The van der Waals surface area contributed by atoms with E-state index in [4.69, 9.17) is 4.42 Å². The highest BCUT2D eigenvalue weighted by molar-refractivity contribution is 5.78. The molecular weight excluding hydrogens is 216 g/mol. The number of aryl methyl sites for hydroxylation is 1. The Morgan fingerprint density at radius 3 is 3.00 bits per heavy atom. The maximum Gasteiger partial charge on any atom is 0.227 e. The van der Waals surface area contributed by atoms with Gasteiger partial charge in [0.25, 0.3) is 0 Å². The quantitative estimate of drug-likeness (QED) is 0.866. The van der Waals surface area contributed by atoms with Crippen LogP contribution >= 0.6 is 0 Å². The number of furan rings is 1. The molecule has 2 heterocycles. The first-order valence-electron chi connectivity index (χ1n) is 6.18. The Balaban J connectivity index is 1.90. The maximum absolute atomic E-state index is 12.2. The van der Waals surface area contributed by atoms with Gasteiger partial charge in [0, 0.05) is 13.6 Å². The third kappa shape index (κ3) is 3.09. The van der Waals surface area contributed by atoms with Crippen LogP contribution in [0.15, 0.2) is 16.5 Å². The van der Waals surface area contributed by atoms with E-state index in [0.29, 0.717) is 6.54 Å². The predicted molar refractivity (Wildman–Crippen MR) is 65.5 cm³/mol. The van der Waals surface area contributed by atoms with Gasteiger partial charge in [-0.15, -0.1) is 0 Å². The number of piperidine rings is 1. The minimum Gasteiger partial charge on any atom is -0.464 e. The summed E-state index contributed by atoms with van der Waals surface area (Å²) >= 11 is 0. The van der Waals surface area contributed by atoms with Crippen LogP contribution < -0.4 is 5.32 Å². The Morgan fingerprint density at radius 1 is 1.59 bits per heavy atom. The number of hydrogen-bond donors (Lipinski definition) is 1. The highest BCUT2D eigenvalue weighted by atomic mass is 16.3. The number of carbonyl (C=O) groups excluding carboxylic acids is 1. The van der Waals surface area contributed by atoms with Gasteiger partial charge in [0.1, 0.15) is 11.5 Å². The second-order valence-corrected chi connectivity index (χ2v) is 4.75. The Morgan fingerprint density at radius 2 is 2.41 bits per heavy atom. The average molecular weight is 236 g/mol. The number of amides is 1. The van der Waals surface area contributed by atoms with Gasteiger partial charge >= 0.3 is 0 Å². The first kappa shape index (κ1) is 12.2. The van der Waals surface area contributed by atoms with Crippen LogP contribution in [0.4, 0.5) is 0 Å². The third-order valence-corrected chi connectivity index (χ3v) is 3.21. The number of nitrogens with one attached hydrogen (secondary N) is 1. The van der Waals surface area contributed by atoms with E-state index in [0.717, 1.165) is 37.5 Å². The molecule has 1 aliphatic rings. The molecule has 0 radical (unpaired) electrons. The number of carbonyl (C=O) groups is 1. The van der Waals surface area contributed by atoms with E-state index in [9.17, 15) is 4.79 Å². The van der Waals surface area contributed by atoms with Crippen LogP contribution in [0.2, 0.25) is 0 Å². The molecule has 17 heavy (non-hydrogen) atoms. The smallest absolute Gasteiger partial charge is 0.227 e. The minimum atomic E-state index is 0.129. The summed E-state index contributed by atoms with van der Waals surface area (Å²) in [5.74, 6) is 2.08. The van der Waals surface area contributed by atoms with Crippen molar-refractivity contribution in [3.8, 4) is 0 Å². The Kier molecular flexibility index (Phi) is 3.84. The summed E-state index contributed by atoms with van der Waals surface area (Å²) in [5.41, 5.74) is 0. The molecule has 1 fully saturated rings. The summed E-state index contributed by atoms with van der Waals surface area (Å²) in [4.78, 5) is 13.9. The van der Waals surface area contributed by atoms with Crippen LogP contribution in [0, 0.1) is 12.8 Å². The van der Waals surface area contributed by atoms with Gasteiger partial charge < -0.3 is 14.6 Å². The summed E-state index contributed by atoms with van der Waals surface area (Å²) in [6, 6.07) is 3.86. The number of nitrogens with zero attached hydrogens (tertiary/aromatic N) is 1. The molecule has 2 rings (SSSR count). The third-order valence-electron chi connectivity index (χ3n) is 3.21. The largest absolute Gasteiger partial charge is 0.464 e. The zero-order chi connectivity index (χ0) is 12.3. The molecule has 1 aliphatic heterocycles. The van der Waals surface area contributed by atoms with E-state index in [1.807, 2.05) is 26.1 Å². The maximum atomic E-state index is 12.2. The molecule has 0 saturated carbocycles. The van der Waals surface area contributed by atoms with Crippen LogP contribution in [-0.4, -0.2) is 30.9 Å². The van der Waals surface area contributed by atoms with Gasteiger partial charge in [0.2, 0.25) is 5.91 Å². The summed E-state index contributed by atoms with van der Waals surface area (Å²) in [5, 5.41) is 3.27. The topological polar surface area (TPSA) is 45.5 Å². The zero-order valence-corrected chi connectivity index (χ0v) is 10.5. The lowest BCUT2D eigenvalue weighted by atomic mass is 9.98. The van der Waals surface area contributed by atoms with E-state index in [1.165, 1.54) is 0 Å². The van der Waals surface area contributed by atoms with Crippen molar-refractivity contribution < 1.29 is 9.21 Å². The van der Waals surface area contributed by atoms with Crippen molar-refractivity contribution in [3.05, 3.63) is 23.7 Å². The van der Waals surface area contributed by atoms with Gasteiger partial charge in [0.05, 0.1) is 12.5 Å². The SMILES string of the molecule is Cc1ccc(CN(C)C(=O)C2CCCNC2)o1. The molecule has 1 atom stereocenters. The lowest BCUT2D eigenvalue weighted by Gasteiger charge is -2.26. The summed E-state index contributed by atoms with van der Waals surface area (Å²) in [6.07, 6.45) is 2.08. The summed E-state index contributed by atoms with van der Waals surface area (Å²) < 4.78 is 5.48. The Bertz CT molecular complexity index is 381. The molecule has 1 saturated heterocycles. The molecule has 1 aromatic rings. The van der Waals surface area contributed by atoms with Gasteiger partial charge in [-0.3, -0.25) is 4.79 Å². The molecule has 4 heteroatoms. The molecule has 0 aromatic carbocycles. The van der Waals surface area contributed by atoms with Crippen LogP contribution in [0.25, 0.3) is 0 Å². The summed E-state index contributed by atoms with van der Waals surface area (Å²) in [6.45, 7) is 4.31. The van der Waals surface area contributed by atoms with Crippen LogP contribution in [0.1, 0.15) is 24.4 Å². The van der Waals surface area contributed by atoms with Gasteiger partial charge in [-0.1, -0.05) is 0 Å². The van der Waals surface area contributed by atoms with Gasteiger partial charge in [-0.25, -0.2) is 0 Å². The second kappa shape index (κ2) is 5.36. The van der Waals surface area contributed by atoms with Gasteiger partial charge in [-0.2, -0.15) is 0 Å². The molecule has 0 spiro atoms. The second-order valence-electron chi connectivity index (χ2n) is 4.75. The van der Waals surface area contributed by atoms with Crippen molar-refractivity contribution in [1.82, 2.24) is 10.2 Å². The number of hydrogen-bond acceptors (Lipinski definition) is 3. The average Bonchev–Trinajstić information content (AvgIpc) is 2.75. The van der Waals surface area contributed by atoms with Crippen molar-refractivity contribution in [2.75, 3.05) is 20.1 Å². The van der Waals surface area contributed by atoms with Crippen LogP contribution in [0.3, 0.4) is 0 Å². The van der Waals surface area contributed by atoms with Gasteiger partial charge in [0.15, 0.2) is 0 Å². The van der Waals surface area contributed by atoms with Crippen molar-refractivity contribution >= 4 is 5.91 Å². The standard InChI is InChI=1S/C13H20N2O2/c1-10-5-6-12(17-10)9-15(2)13(16)11-4-3-7-14-8-11/h5-6,11,14H,3-4,7-9H2,1-2H3. The molecule has 1 unspecified atom stereocenters. The Labute approximate surface area is 102 Å². The first-order chi connectivity index (χ1) is 8.16. The van der Waals surface area contributed by atoms with Crippen LogP contribution in [-0.2, 0) is 11.3 Å². The molecule has 1 amide bonds. The lowest BCUT2D eigenvalue weighted by molar-refractivity contribution is -0.135. The molecule has 4 nitrogen and oxygen atoms in total. The first-order valence-corrected chi connectivity index (χ1v) is 6.18. The van der Waals surface area contributed by atoms with E-state index >= 15 is 0 Å². The van der Waals surface area contributed by atoms with E-state index < -0.39 is 0 Å². The highest BCUT2D eigenvalue weighted by Gasteiger charge is 2.24.